The molecule has 1 fully saturated rings. The SMILES string of the molecule is Cc1ccccc1C(=O)NC1CCN(C(=O)Cc2noc3ccccc23)CC1. The second kappa shape index (κ2) is 7.84. The van der Waals surface area contributed by atoms with Crippen LogP contribution >= 0.6 is 0 Å². The summed E-state index contributed by atoms with van der Waals surface area (Å²) in [5.74, 6) is -0.000299. The van der Waals surface area contributed by atoms with Crippen LogP contribution in [0.2, 0.25) is 0 Å². The van der Waals surface area contributed by atoms with Crippen LogP contribution in [0.3, 0.4) is 0 Å². The molecule has 0 atom stereocenters. The highest BCUT2D eigenvalue weighted by Gasteiger charge is 2.25. The molecular weight excluding hydrogens is 354 g/mol. The van der Waals surface area contributed by atoms with Crippen molar-refractivity contribution in [2.45, 2.75) is 32.2 Å². The van der Waals surface area contributed by atoms with Crippen LogP contribution in [0.25, 0.3) is 11.0 Å². The lowest BCUT2D eigenvalue weighted by atomic mass is 10.0. The van der Waals surface area contributed by atoms with Crippen molar-refractivity contribution in [2.75, 3.05) is 13.1 Å². The fourth-order valence-electron chi connectivity index (χ4n) is 3.68. The van der Waals surface area contributed by atoms with Crippen molar-refractivity contribution in [1.29, 1.82) is 0 Å². The molecule has 1 saturated heterocycles. The molecule has 6 nitrogen and oxygen atoms in total. The Kier molecular flexibility index (Phi) is 5.10. The molecule has 0 spiro atoms. The van der Waals surface area contributed by atoms with Gasteiger partial charge in [0.25, 0.3) is 5.91 Å². The molecule has 2 aromatic carbocycles. The van der Waals surface area contributed by atoms with Crippen LogP contribution in [0.15, 0.2) is 53.1 Å². The monoisotopic (exact) mass is 377 g/mol. The Morgan fingerprint density at radius 1 is 1.11 bits per heavy atom. The van der Waals surface area contributed by atoms with Gasteiger partial charge >= 0.3 is 0 Å². The topological polar surface area (TPSA) is 75.4 Å². The van der Waals surface area contributed by atoms with Gasteiger partial charge in [0.1, 0.15) is 5.69 Å². The Morgan fingerprint density at radius 3 is 2.61 bits per heavy atom. The van der Waals surface area contributed by atoms with E-state index in [9.17, 15) is 9.59 Å². The minimum absolute atomic E-state index is 0.0442. The van der Waals surface area contributed by atoms with Gasteiger partial charge in [-0.15, -0.1) is 0 Å². The number of fused-ring (bicyclic) bond motifs is 1. The Hall–Kier alpha value is -3.15. The number of aryl methyl sites for hydroxylation is 1. The molecule has 28 heavy (non-hydrogen) atoms. The highest BCUT2D eigenvalue weighted by Crippen LogP contribution is 2.20. The molecule has 0 saturated carbocycles. The number of likely N-dealkylation sites (tertiary alicyclic amines) is 1. The highest BCUT2D eigenvalue weighted by molar-refractivity contribution is 5.95. The van der Waals surface area contributed by atoms with E-state index < -0.39 is 0 Å². The molecule has 0 unspecified atom stereocenters. The van der Waals surface area contributed by atoms with Crippen molar-refractivity contribution >= 4 is 22.8 Å². The number of amides is 2. The normalized spacial score (nSPS) is 15.0. The number of rotatable bonds is 4. The van der Waals surface area contributed by atoms with E-state index in [1.54, 1.807) is 0 Å². The lowest BCUT2D eigenvalue weighted by molar-refractivity contribution is -0.131. The average molecular weight is 377 g/mol. The van der Waals surface area contributed by atoms with Gasteiger partial charge in [-0.3, -0.25) is 9.59 Å². The summed E-state index contributed by atoms with van der Waals surface area (Å²) in [6, 6.07) is 15.2. The zero-order valence-corrected chi connectivity index (χ0v) is 15.9. The van der Waals surface area contributed by atoms with Crippen LogP contribution in [0.5, 0.6) is 0 Å². The minimum Gasteiger partial charge on any atom is -0.356 e. The number of aromatic nitrogens is 1. The first-order valence-corrected chi connectivity index (χ1v) is 9.59. The Morgan fingerprint density at radius 2 is 1.82 bits per heavy atom. The van der Waals surface area contributed by atoms with Crippen LogP contribution < -0.4 is 5.32 Å². The lowest BCUT2D eigenvalue weighted by Gasteiger charge is -2.32. The van der Waals surface area contributed by atoms with E-state index in [4.69, 9.17) is 4.52 Å². The molecular formula is C22H23N3O3. The average Bonchev–Trinajstić information content (AvgIpc) is 3.12. The van der Waals surface area contributed by atoms with Crippen molar-refractivity contribution < 1.29 is 14.1 Å². The van der Waals surface area contributed by atoms with Crippen molar-refractivity contribution in [3.8, 4) is 0 Å². The van der Waals surface area contributed by atoms with Crippen molar-refractivity contribution in [1.82, 2.24) is 15.4 Å². The van der Waals surface area contributed by atoms with Gasteiger partial charge in [0.15, 0.2) is 5.58 Å². The molecule has 2 heterocycles. The standard InChI is InChI=1S/C22H23N3O3/c1-15-6-2-3-7-17(15)22(27)23-16-10-12-25(13-11-16)21(26)14-19-18-8-4-5-9-20(18)28-24-19/h2-9,16H,10-14H2,1H3,(H,23,27). The fraction of sp³-hybridized carbons (Fsp3) is 0.318. The number of carbonyl (C=O) groups is 2. The highest BCUT2D eigenvalue weighted by atomic mass is 16.5. The molecule has 6 heteroatoms. The van der Waals surface area contributed by atoms with Crippen LogP contribution in [-0.4, -0.2) is 41.0 Å². The molecule has 3 aromatic rings. The van der Waals surface area contributed by atoms with E-state index >= 15 is 0 Å². The van der Waals surface area contributed by atoms with Gasteiger partial charge in [-0.05, 0) is 43.5 Å². The molecule has 0 aliphatic carbocycles. The first-order valence-electron chi connectivity index (χ1n) is 9.59. The molecule has 1 aliphatic rings. The Labute approximate surface area is 163 Å². The number of hydrogen-bond acceptors (Lipinski definition) is 4. The molecule has 2 amide bonds. The molecule has 1 aromatic heterocycles. The maximum absolute atomic E-state index is 12.7. The van der Waals surface area contributed by atoms with E-state index in [1.807, 2.05) is 60.4 Å². The maximum Gasteiger partial charge on any atom is 0.251 e. The van der Waals surface area contributed by atoms with E-state index in [2.05, 4.69) is 10.5 Å². The van der Waals surface area contributed by atoms with Crippen LogP contribution in [0.1, 0.15) is 34.5 Å². The molecule has 4 rings (SSSR count). The summed E-state index contributed by atoms with van der Waals surface area (Å²) in [6.45, 7) is 3.20. The minimum atomic E-state index is -0.0445. The first-order chi connectivity index (χ1) is 13.6. The lowest BCUT2D eigenvalue weighted by Crippen LogP contribution is -2.47. The summed E-state index contributed by atoms with van der Waals surface area (Å²) in [4.78, 5) is 27.0. The zero-order chi connectivity index (χ0) is 19.5. The summed E-state index contributed by atoms with van der Waals surface area (Å²) in [7, 11) is 0. The van der Waals surface area contributed by atoms with E-state index in [-0.39, 0.29) is 24.3 Å². The summed E-state index contributed by atoms with van der Waals surface area (Å²) >= 11 is 0. The smallest absolute Gasteiger partial charge is 0.251 e. The Bertz CT molecular complexity index is 1000. The summed E-state index contributed by atoms with van der Waals surface area (Å²) in [5, 5.41) is 8.03. The molecule has 0 bridgehead atoms. The van der Waals surface area contributed by atoms with Crippen molar-refractivity contribution in [3.05, 3.63) is 65.4 Å². The van der Waals surface area contributed by atoms with Gasteiger partial charge in [-0.2, -0.15) is 0 Å². The van der Waals surface area contributed by atoms with E-state index in [1.165, 1.54) is 0 Å². The van der Waals surface area contributed by atoms with E-state index in [0.29, 0.717) is 29.9 Å². The van der Waals surface area contributed by atoms with Crippen LogP contribution in [0.4, 0.5) is 0 Å². The van der Waals surface area contributed by atoms with Crippen molar-refractivity contribution in [3.63, 3.8) is 0 Å². The number of benzene rings is 2. The number of carbonyl (C=O) groups excluding carboxylic acids is 2. The van der Waals surface area contributed by atoms with E-state index in [0.717, 1.165) is 23.8 Å². The Balaban J connectivity index is 1.32. The largest absolute Gasteiger partial charge is 0.356 e. The third-order valence-corrected chi connectivity index (χ3v) is 5.34. The van der Waals surface area contributed by atoms with Gasteiger partial charge in [0.2, 0.25) is 5.91 Å². The van der Waals surface area contributed by atoms with Gasteiger partial charge < -0.3 is 14.7 Å². The number of nitrogens with zero attached hydrogens (tertiary/aromatic N) is 2. The van der Waals surface area contributed by atoms with Gasteiger partial charge in [-0.25, -0.2) is 0 Å². The summed E-state index contributed by atoms with van der Waals surface area (Å²) < 4.78 is 5.28. The second-order valence-corrected chi connectivity index (χ2v) is 7.25. The third-order valence-electron chi connectivity index (χ3n) is 5.34. The zero-order valence-electron chi connectivity index (χ0n) is 15.9. The molecule has 144 valence electrons. The van der Waals surface area contributed by atoms with Crippen LogP contribution in [0, 0.1) is 6.92 Å². The third kappa shape index (κ3) is 3.76. The fourth-order valence-corrected chi connectivity index (χ4v) is 3.68. The predicted molar refractivity (Wildman–Crippen MR) is 106 cm³/mol. The number of nitrogens with one attached hydrogen (secondary N) is 1. The van der Waals surface area contributed by atoms with Gasteiger partial charge in [0.05, 0.1) is 6.42 Å². The number of hydrogen-bond donors (Lipinski definition) is 1. The molecule has 0 radical (unpaired) electrons. The summed E-state index contributed by atoms with van der Waals surface area (Å²) in [6.07, 6.45) is 1.74. The molecule has 1 aliphatic heterocycles. The number of para-hydroxylation sites is 1. The quantitative estimate of drug-likeness (QED) is 0.758. The number of piperidine rings is 1. The first kappa shape index (κ1) is 18.2. The molecule has 1 N–H and O–H groups in total. The van der Waals surface area contributed by atoms with Crippen molar-refractivity contribution in [2.24, 2.45) is 0 Å². The predicted octanol–water partition coefficient (Wildman–Crippen LogP) is 3.10. The summed E-state index contributed by atoms with van der Waals surface area (Å²) in [5.41, 5.74) is 3.05. The van der Waals surface area contributed by atoms with Gasteiger partial charge in [0, 0.05) is 30.1 Å². The van der Waals surface area contributed by atoms with Gasteiger partial charge in [-0.1, -0.05) is 35.5 Å². The van der Waals surface area contributed by atoms with Crippen LogP contribution in [-0.2, 0) is 11.2 Å². The second-order valence-electron chi connectivity index (χ2n) is 7.25. The maximum atomic E-state index is 12.7.